The molecule has 1 aromatic heterocycles. The van der Waals surface area contributed by atoms with E-state index in [1.165, 1.54) is 0 Å². The highest BCUT2D eigenvalue weighted by atomic mass is 16.5. The van der Waals surface area contributed by atoms with E-state index in [9.17, 15) is 5.11 Å². The van der Waals surface area contributed by atoms with E-state index < -0.39 is 5.60 Å². The quantitative estimate of drug-likeness (QED) is 0.316. The van der Waals surface area contributed by atoms with Gasteiger partial charge in [0.1, 0.15) is 23.9 Å². The molecule has 200 valence electrons. The predicted octanol–water partition coefficient (Wildman–Crippen LogP) is 5.68. The van der Waals surface area contributed by atoms with Gasteiger partial charge in [-0.2, -0.15) is 0 Å². The molecule has 0 spiro atoms. The van der Waals surface area contributed by atoms with Gasteiger partial charge < -0.3 is 29.0 Å². The van der Waals surface area contributed by atoms with Crippen molar-refractivity contribution in [1.82, 2.24) is 4.98 Å². The molecular formula is C30H40N2O5. The van der Waals surface area contributed by atoms with Crippen molar-refractivity contribution in [2.75, 3.05) is 44.4 Å². The molecule has 37 heavy (non-hydrogen) atoms. The van der Waals surface area contributed by atoms with Crippen molar-refractivity contribution >= 4 is 16.6 Å². The van der Waals surface area contributed by atoms with Gasteiger partial charge in [0, 0.05) is 54.3 Å². The first-order valence-corrected chi connectivity index (χ1v) is 13.3. The third-order valence-electron chi connectivity index (χ3n) is 6.52. The van der Waals surface area contributed by atoms with Crippen LogP contribution in [0.25, 0.3) is 10.9 Å². The molecule has 3 aromatic rings. The van der Waals surface area contributed by atoms with Crippen LogP contribution in [0.2, 0.25) is 0 Å². The summed E-state index contributed by atoms with van der Waals surface area (Å²) < 4.78 is 24.1. The minimum absolute atomic E-state index is 0.316. The molecule has 0 saturated carbocycles. The number of morpholine rings is 1. The number of rotatable bonds is 12. The monoisotopic (exact) mass is 508 g/mol. The van der Waals surface area contributed by atoms with Gasteiger partial charge in [-0.15, -0.1) is 0 Å². The number of unbranched alkanes of at least 4 members (excludes halogenated alkanes) is 1. The Hall–Kier alpha value is -3.03. The van der Waals surface area contributed by atoms with Crippen LogP contribution in [0.3, 0.4) is 0 Å². The lowest BCUT2D eigenvalue weighted by Crippen LogP contribution is -2.36. The summed E-state index contributed by atoms with van der Waals surface area (Å²) in [5.41, 5.74) is 3.01. The summed E-state index contributed by atoms with van der Waals surface area (Å²) in [6.07, 6.45) is 2.62. The second kappa shape index (κ2) is 12.5. The van der Waals surface area contributed by atoms with Crippen molar-refractivity contribution in [1.29, 1.82) is 0 Å². The topological polar surface area (TPSA) is 73.3 Å². The van der Waals surface area contributed by atoms with Gasteiger partial charge in [0.15, 0.2) is 0 Å². The van der Waals surface area contributed by atoms with E-state index in [1.54, 1.807) is 13.8 Å². The Kier molecular flexibility index (Phi) is 9.11. The predicted molar refractivity (Wildman–Crippen MR) is 147 cm³/mol. The van der Waals surface area contributed by atoms with Gasteiger partial charge in [-0.05, 0) is 39.3 Å². The average molecular weight is 509 g/mol. The summed E-state index contributed by atoms with van der Waals surface area (Å²) in [4.78, 5) is 7.18. The molecule has 4 rings (SSSR count). The van der Waals surface area contributed by atoms with Crippen molar-refractivity contribution in [3.8, 4) is 17.2 Å². The molecule has 1 aliphatic heterocycles. The molecule has 7 heteroatoms. The van der Waals surface area contributed by atoms with Gasteiger partial charge in [-0.25, -0.2) is 4.98 Å². The summed E-state index contributed by atoms with van der Waals surface area (Å²) in [6.45, 7) is 12.2. The fraction of sp³-hybridized carbons (Fsp3) is 0.500. The largest absolute Gasteiger partial charge is 0.493 e. The zero-order valence-electron chi connectivity index (χ0n) is 22.6. The van der Waals surface area contributed by atoms with Crippen molar-refractivity contribution in [3.05, 3.63) is 53.7 Å². The summed E-state index contributed by atoms with van der Waals surface area (Å²) in [6, 6.07) is 14.1. The van der Waals surface area contributed by atoms with Crippen LogP contribution in [0.1, 0.15) is 51.3 Å². The van der Waals surface area contributed by atoms with Crippen LogP contribution in [-0.4, -0.2) is 55.2 Å². The van der Waals surface area contributed by atoms with Crippen molar-refractivity contribution in [3.63, 3.8) is 0 Å². The van der Waals surface area contributed by atoms with Gasteiger partial charge in [-0.3, -0.25) is 0 Å². The van der Waals surface area contributed by atoms with E-state index in [2.05, 4.69) is 24.8 Å². The number of hydrogen-bond acceptors (Lipinski definition) is 7. The number of aliphatic hydroxyl groups is 1. The number of benzene rings is 2. The van der Waals surface area contributed by atoms with Gasteiger partial charge in [0.05, 0.1) is 43.2 Å². The number of aromatic nitrogens is 1. The van der Waals surface area contributed by atoms with Crippen LogP contribution in [0.15, 0.2) is 42.5 Å². The molecule has 0 radical (unpaired) electrons. The number of ether oxygens (including phenoxy) is 4. The van der Waals surface area contributed by atoms with Crippen molar-refractivity contribution in [2.45, 2.75) is 59.2 Å². The number of pyridine rings is 1. The lowest BCUT2D eigenvalue weighted by atomic mass is 10.1. The molecule has 0 atom stereocenters. The lowest BCUT2D eigenvalue weighted by Gasteiger charge is -2.29. The molecular weight excluding hydrogens is 468 g/mol. The first kappa shape index (κ1) is 27.0. The lowest BCUT2D eigenvalue weighted by molar-refractivity contribution is 0.0553. The number of anilines is 1. The molecule has 1 N–H and O–H groups in total. The number of para-hydroxylation sites is 1. The molecule has 2 aromatic carbocycles. The normalized spacial score (nSPS) is 14.1. The number of nitrogens with zero attached hydrogens (tertiary/aromatic N) is 2. The third-order valence-corrected chi connectivity index (χ3v) is 6.52. The molecule has 0 bridgehead atoms. The Morgan fingerprint density at radius 2 is 1.73 bits per heavy atom. The first-order chi connectivity index (χ1) is 17.8. The maximum atomic E-state index is 10.1. The van der Waals surface area contributed by atoms with Gasteiger partial charge >= 0.3 is 0 Å². The van der Waals surface area contributed by atoms with Gasteiger partial charge in [-0.1, -0.05) is 25.5 Å². The van der Waals surface area contributed by atoms with Crippen LogP contribution in [-0.2, 0) is 11.3 Å². The second-order valence-electron chi connectivity index (χ2n) is 10.2. The average Bonchev–Trinajstić information content (AvgIpc) is 2.88. The van der Waals surface area contributed by atoms with Crippen LogP contribution < -0.4 is 19.1 Å². The summed E-state index contributed by atoms with van der Waals surface area (Å²) >= 11 is 0. The summed E-state index contributed by atoms with van der Waals surface area (Å²) in [7, 11) is 0. The molecule has 1 fully saturated rings. The number of hydrogen-bond donors (Lipinski definition) is 1. The molecule has 1 saturated heterocycles. The van der Waals surface area contributed by atoms with E-state index >= 15 is 0 Å². The van der Waals surface area contributed by atoms with Crippen LogP contribution >= 0.6 is 0 Å². The fourth-order valence-electron chi connectivity index (χ4n) is 4.27. The summed E-state index contributed by atoms with van der Waals surface area (Å²) in [5, 5.41) is 11.1. The molecule has 0 amide bonds. The van der Waals surface area contributed by atoms with E-state index in [-0.39, 0.29) is 0 Å². The second-order valence-corrected chi connectivity index (χ2v) is 10.2. The highest BCUT2D eigenvalue weighted by Gasteiger charge is 2.17. The maximum absolute atomic E-state index is 10.1. The van der Waals surface area contributed by atoms with Crippen LogP contribution in [0, 0.1) is 6.92 Å². The first-order valence-electron chi connectivity index (χ1n) is 13.3. The highest BCUT2D eigenvalue weighted by Crippen LogP contribution is 2.33. The maximum Gasteiger partial charge on any atom is 0.133 e. The van der Waals surface area contributed by atoms with E-state index in [1.807, 2.05) is 36.4 Å². The Labute approximate surface area is 220 Å². The molecule has 0 unspecified atom stereocenters. The zero-order chi connectivity index (χ0) is 26.3. The molecule has 1 aliphatic rings. The summed E-state index contributed by atoms with van der Waals surface area (Å²) in [5.74, 6) is 2.32. The van der Waals surface area contributed by atoms with Crippen molar-refractivity contribution < 1.29 is 24.1 Å². The Bertz CT molecular complexity index is 1170. The van der Waals surface area contributed by atoms with Crippen LogP contribution in [0.4, 0.5) is 5.69 Å². The molecule has 0 aliphatic carbocycles. The minimum atomic E-state index is -0.780. The standard InChI is InChI=1S/C30H40N2O5/c1-5-6-14-36-29-22(2)28(31-27-10-8-7-9-26(27)29)21-37-25-19-23(32-12-16-34-17-13-32)18-24(20-25)35-15-11-30(3,4)33/h7-10,18-20,33H,5-6,11-17,21H2,1-4H3. The fourth-order valence-corrected chi connectivity index (χ4v) is 4.27. The van der Waals surface area contributed by atoms with E-state index in [0.717, 1.165) is 65.3 Å². The van der Waals surface area contributed by atoms with Gasteiger partial charge in [0.25, 0.3) is 0 Å². The Balaban J connectivity index is 1.57. The van der Waals surface area contributed by atoms with Crippen molar-refractivity contribution in [2.24, 2.45) is 0 Å². The Morgan fingerprint density at radius 3 is 2.46 bits per heavy atom. The van der Waals surface area contributed by atoms with E-state index in [4.69, 9.17) is 23.9 Å². The third kappa shape index (κ3) is 7.49. The highest BCUT2D eigenvalue weighted by molar-refractivity contribution is 5.86. The van der Waals surface area contributed by atoms with E-state index in [0.29, 0.717) is 45.2 Å². The Morgan fingerprint density at radius 1 is 1.00 bits per heavy atom. The van der Waals surface area contributed by atoms with Crippen LogP contribution in [0.5, 0.6) is 17.2 Å². The number of fused-ring (bicyclic) bond motifs is 1. The SMILES string of the molecule is CCCCOc1c(C)c(COc2cc(OCCC(C)(C)O)cc(N3CCOCC3)c2)nc2ccccc12. The minimum Gasteiger partial charge on any atom is -0.493 e. The smallest absolute Gasteiger partial charge is 0.133 e. The molecule has 7 nitrogen and oxygen atoms in total. The molecule has 2 heterocycles. The van der Waals surface area contributed by atoms with Gasteiger partial charge in [0.2, 0.25) is 0 Å². The zero-order valence-corrected chi connectivity index (χ0v) is 22.6.